The van der Waals surface area contributed by atoms with Crippen LogP contribution in [0, 0.1) is 5.92 Å². The molecule has 178 valence electrons. The largest absolute Gasteiger partial charge is 0.496 e. The first-order valence-electron chi connectivity index (χ1n) is 10.7. The van der Waals surface area contributed by atoms with E-state index in [2.05, 4.69) is 34.6 Å². The van der Waals surface area contributed by atoms with E-state index >= 15 is 0 Å². The SMILES string of the molecule is CCN(CC)c1ccc(C=NNC(=O)C(NC(=O)c2ccc(Cl)c(Cl)c2)C(C)C)c(OC)c1. The maximum Gasteiger partial charge on any atom is 0.262 e. The summed E-state index contributed by atoms with van der Waals surface area (Å²) in [6, 6.07) is 9.54. The molecule has 0 heterocycles. The molecule has 2 amide bonds. The summed E-state index contributed by atoms with van der Waals surface area (Å²) in [6.07, 6.45) is 1.51. The second-order valence-corrected chi connectivity index (χ2v) is 8.47. The van der Waals surface area contributed by atoms with Gasteiger partial charge in [0.25, 0.3) is 11.8 Å². The lowest BCUT2D eigenvalue weighted by atomic mass is 10.0. The highest BCUT2D eigenvalue weighted by Crippen LogP contribution is 2.25. The topological polar surface area (TPSA) is 83.0 Å². The van der Waals surface area contributed by atoms with Gasteiger partial charge >= 0.3 is 0 Å². The zero-order chi connectivity index (χ0) is 24.5. The Bertz CT molecular complexity index is 1010. The Labute approximate surface area is 205 Å². The average Bonchev–Trinajstić information content (AvgIpc) is 2.80. The monoisotopic (exact) mass is 492 g/mol. The van der Waals surface area contributed by atoms with E-state index in [1.807, 2.05) is 32.0 Å². The second kappa shape index (κ2) is 12.5. The predicted molar refractivity (Wildman–Crippen MR) is 135 cm³/mol. The fraction of sp³-hybridized carbons (Fsp3) is 0.375. The summed E-state index contributed by atoms with van der Waals surface area (Å²) in [6.45, 7) is 9.61. The van der Waals surface area contributed by atoms with Gasteiger partial charge in [-0.25, -0.2) is 5.43 Å². The van der Waals surface area contributed by atoms with Gasteiger partial charge < -0.3 is 15.0 Å². The van der Waals surface area contributed by atoms with Crippen LogP contribution >= 0.6 is 23.2 Å². The molecule has 0 bridgehead atoms. The van der Waals surface area contributed by atoms with Gasteiger partial charge in [-0.05, 0) is 50.1 Å². The lowest BCUT2D eigenvalue weighted by molar-refractivity contribution is -0.123. The molecular weight excluding hydrogens is 463 g/mol. The molecule has 2 aromatic rings. The van der Waals surface area contributed by atoms with Crippen LogP contribution in [0.4, 0.5) is 5.69 Å². The van der Waals surface area contributed by atoms with E-state index in [1.165, 1.54) is 18.3 Å². The number of hydrogen-bond acceptors (Lipinski definition) is 5. The fourth-order valence-electron chi connectivity index (χ4n) is 3.22. The van der Waals surface area contributed by atoms with Crippen LogP contribution in [0.1, 0.15) is 43.6 Å². The van der Waals surface area contributed by atoms with Crippen LogP contribution < -0.4 is 20.4 Å². The number of carbonyl (C=O) groups excluding carboxylic acids is 2. The highest BCUT2D eigenvalue weighted by molar-refractivity contribution is 6.42. The normalized spacial score (nSPS) is 12.0. The summed E-state index contributed by atoms with van der Waals surface area (Å²) >= 11 is 11.9. The van der Waals surface area contributed by atoms with Crippen LogP contribution in [0.15, 0.2) is 41.5 Å². The number of hydrazone groups is 1. The molecule has 0 aliphatic rings. The van der Waals surface area contributed by atoms with E-state index in [4.69, 9.17) is 27.9 Å². The number of rotatable bonds is 10. The Hall–Kier alpha value is -2.77. The first-order chi connectivity index (χ1) is 15.7. The molecule has 1 unspecified atom stereocenters. The van der Waals surface area contributed by atoms with E-state index in [-0.39, 0.29) is 10.9 Å². The van der Waals surface area contributed by atoms with E-state index < -0.39 is 17.9 Å². The van der Waals surface area contributed by atoms with Crippen LogP contribution in [-0.2, 0) is 4.79 Å². The highest BCUT2D eigenvalue weighted by atomic mass is 35.5. The quantitative estimate of drug-likeness (QED) is 0.370. The van der Waals surface area contributed by atoms with Gasteiger partial charge in [-0.1, -0.05) is 37.0 Å². The molecule has 33 heavy (non-hydrogen) atoms. The smallest absolute Gasteiger partial charge is 0.262 e. The molecule has 0 aliphatic heterocycles. The number of nitrogens with one attached hydrogen (secondary N) is 2. The second-order valence-electron chi connectivity index (χ2n) is 7.66. The van der Waals surface area contributed by atoms with Crippen molar-refractivity contribution in [1.82, 2.24) is 10.7 Å². The number of halogens is 2. The van der Waals surface area contributed by atoms with E-state index in [0.29, 0.717) is 16.3 Å². The zero-order valence-corrected chi connectivity index (χ0v) is 21.0. The molecule has 1 atom stereocenters. The van der Waals surface area contributed by atoms with E-state index in [9.17, 15) is 9.59 Å². The minimum Gasteiger partial charge on any atom is -0.496 e. The summed E-state index contributed by atoms with van der Waals surface area (Å²) in [4.78, 5) is 27.5. The van der Waals surface area contributed by atoms with Crippen molar-refractivity contribution in [2.24, 2.45) is 11.0 Å². The summed E-state index contributed by atoms with van der Waals surface area (Å²) < 4.78 is 5.48. The van der Waals surface area contributed by atoms with Crippen LogP contribution in [0.5, 0.6) is 5.75 Å². The lowest BCUT2D eigenvalue weighted by Crippen LogP contribution is -2.48. The Morgan fingerprint density at radius 1 is 1.09 bits per heavy atom. The van der Waals surface area contributed by atoms with E-state index in [0.717, 1.165) is 24.3 Å². The molecule has 7 nitrogen and oxygen atoms in total. The molecule has 0 aliphatic carbocycles. The van der Waals surface area contributed by atoms with Crippen LogP contribution in [-0.4, -0.2) is 44.3 Å². The molecule has 2 N–H and O–H groups in total. The molecule has 0 aromatic heterocycles. The van der Waals surface area contributed by atoms with Gasteiger partial charge in [0.15, 0.2) is 0 Å². The van der Waals surface area contributed by atoms with Gasteiger partial charge in [-0.3, -0.25) is 9.59 Å². The highest BCUT2D eigenvalue weighted by Gasteiger charge is 2.24. The van der Waals surface area contributed by atoms with Gasteiger partial charge in [0, 0.05) is 36.0 Å². The Balaban J connectivity index is 2.10. The molecule has 0 spiro atoms. The predicted octanol–water partition coefficient (Wildman–Crippen LogP) is 4.75. The number of benzene rings is 2. The maximum atomic E-state index is 12.7. The third kappa shape index (κ3) is 7.11. The standard InChI is InChI=1S/C24H30Cl2N4O3/c1-6-30(7-2)18-10-8-17(21(13-18)33-5)14-27-29-24(32)22(15(3)4)28-23(31)16-9-11-19(25)20(26)12-16/h8-15,22H,6-7H2,1-5H3,(H,28,31)(H,29,32). The summed E-state index contributed by atoms with van der Waals surface area (Å²) in [5.41, 5.74) is 4.57. The molecule has 2 aromatic carbocycles. The number of nitrogens with zero attached hydrogens (tertiary/aromatic N) is 2. The van der Waals surface area contributed by atoms with Crippen LogP contribution in [0.2, 0.25) is 10.0 Å². The molecule has 0 saturated heterocycles. The van der Waals surface area contributed by atoms with Crippen molar-refractivity contribution in [3.63, 3.8) is 0 Å². The van der Waals surface area contributed by atoms with Gasteiger partial charge in [-0.15, -0.1) is 0 Å². The summed E-state index contributed by atoms with van der Waals surface area (Å²) in [7, 11) is 1.59. The van der Waals surface area contributed by atoms with Crippen molar-refractivity contribution in [3.8, 4) is 5.75 Å². The molecule has 0 radical (unpaired) electrons. The summed E-state index contributed by atoms with van der Waals surface area (Å²) in [5, 5.41) is 7.41. The fourth-order valence-corrected chi connectivity index (χ4v) is 3.52. The Kier molecular flexibility index (Phi) is 10.0. The molecular formula is C24H30Cl2N4O3. The Morgan fingerprint density at radius 2 is 1.79 bits per heavy atom. The number of anilines is 1. The summed E-state index contributed by atoms with van der Waals surface area (Å²) in [5.74, 6) is -0.394. The molecule has 9 heteroatoms. The van der Waals surface area contributed by atoms with Crippen LogP contribution in [0.3, 0.4) is 0 Å². The minimum atomic E-state index is -0.795. The third-order valence-electron chi connectivity index (χ3n) is 5.14. The van der Waals surface area contributed by atoms with Crippen molar-refractivity contribution in [2.45, 2.75) is 33.7 Å². The number of hydrogen-bond donors (Lipinski definition) is 2. The molecule has 0 fully saturated rings. The maximum absolute atomic E-state index is 12.7. The number of carbonyl (C=O) groups is 2. The van der Waals surface area contributed by atoms with Crippen LogP contribution in [0.25, 0.3) is 0 Å². The van der Waals surface area contributed by atoms with Crippen molar-refractivity contribution in [2.75, 3.05) is 25.1 Å². The van der Waals surface area contributed by atoms with E-state index in [1.54, 1.807) is 13.2 Å². The van der Waals surface area contributed by atoms with Gasteiger partial charge in [0.2, 0.25) is 0 Å². The van der Waals surface area contributed by atoms with Crippen molar-refractivity contribution < 1.29 is 14.3 Å². The van der Waals surface area contributed by atoms with Crippen molar-refractivity contribution in [3.05, 3.63) is 57.6 Å². The van der Waals surface area contributed by atoms with Crippen molar-refractivity contribution >= 4 is 46.9 Å². The zero-order valence-electron chi connectivity index (χ0n) is 19.5. The van der Waals surface area contributed by atoms with Gasteiger partial charge in [0.1, 0.15) is 11.8 Å². The number of methoxy groups -OCH3 is 1. The first-order valence-corrected chi connectivity index (χ1v) is 11.5. The van der Waals surface area contributed by atoms with Gasteiger partial charge in [-0.2, -0.15) is 5.10 Å². The molecule has 0 saturated carbocycles. The minimum absolute atomic E-state index is 0.171. The Morgan fingerprint density at radius 3 is 2.36 bits per heavy atom. The third-order valence-corrected chi connectivity index (χ3v) is 5.88. The average molecular weight is 493 g/mol. The number of ether oxygens (including phenoxy) is 1. The first kappa shape index (κ1) is 26.5. The number of amides is 2. The van der Waals surface area contributed by atoms with Gasteiger partial charge in [0.05, 0.1) is 23.4 Å². The van der Waals surface area contributed by atoms with Crippen molar-refractivity contribution in [1.29, 1.82) is 0 Å². The lowest BCUT2D eigenvalue weighted by Gasteiger charge is -2.22. The molecule has 2 rings (SSSR count).